The summed E-state index contributed by atoms with van der Waals surface area (Å²) in [6.45, 7) is 0. The van der Waals surface area contributed by atoms with E-state index in [1.807, 2.05) is 18.2 Å². The number of hydrogen-bond acceptors (Lipinski definition) is 5. The van der Waals surface area contributed by atoms with Gasteiger partial charge in [0.15, 0.2) is 0 Å². The van der Waals surface area contributed by atoms with Crippen LogP contribution in [0.5, 0.6) is 17.2 Å². The van der Waals surface area contributed by atoms with Crippen molar-refractivity contribution in [1.82, 2.24) is 4.98 Å². The van der Waals surface area contributed by atoms with Gasteiger partial charge in [0.25, 0.3) is 5.69 Å². The summed E-state index contributed by atoms with van der Waals surface area (Å²) in [5.74, 6) is 1.23. The Bertz CT molecular complexity index is 898. The molecule has 0 aliphatic heterocycles. The van der Waals surface area contributed by atoms with Crippen LogP contribution in [0, 0.1) is 10.1 Å². The number of nitro groups is 1. The highest BCUT2D eigenvalue weighted by atomic mass is 79.9. The molecule has 0 saturated heterocycles. The van der Waals surface area contributed by atoms with Crippen LogP contribution in [0.2, 0.25) is 0 Å². The average Bonchev–Trinajstić information content (AvgIpc) is 2.55. The highest BCUT2D eigenvalue weighted by Gasteiger charge is 2.13. The largest absolute Gasteiger partial charge is 0.496 e. The van der Waals surface area contributed by atoms with Gasteiger partial charge in [0.1, 0.15) is 17.2 Å². The van der Waals surface area contributed by atoms with Crippen LogP contribution in [-0.4, -0.2) is 17.0 Å². The van der Waals surface area contributed by atoms with Crippen molar-refractivity contribution in [2.75, 3.05) is 7.11 Å². The number of nitro benzene ring substituents is 1. The van der Waals surface area contributed by atoms with Crippen molar-refractivity contribution in [2.45, 2.75) is 0 Å². The van der Waals surface area contributed by atoms with Gasteiger partial charge in [0.05, 0.1) is 29.7 Å². The van der Waals surface area contributed by atoms with Crippen molar-refractivity contribution in [3.8, 4) is 17.2 Å². The Kier molecular flexibility index (Phi) is 4.12. The molecule has 6 nitrogen and oxygen atoms in total. The van der Waals surface area contributed by atoms with Gasteiger partial charge in [0, 0.05) is 22.1 Å². The molecular formula is C16H11BrN2O4. The Labute approximate surface area is 140 Å². The van der Waals surface area contributed by atoms with Crippen LogP contribution in [0.25, 0.3) is 10.9 Å². The van der Waals surface area contributed by atoms with E-state index in [1.54, 1.807) is 18.3 Å². The number of pyridine rings is 1. The van der Waals surface area contributed by atoms with Gasteiger partial charge in [-0.3, -0.25) is 15.1 Å². The van der Waals surface area contributed by atoms with Crippen molar-refractivity contribution >= 4 is 32.5 Å². The maximum Gasteiger partial charge on any atom is 0.276 e. The third-order valence-electron chi connectivity index (χ3n) is 3.20. The van der Waals surface area contributed by atoms with Crippen molar-refractivity contribution < 1.29 is 14.4 Å². The lowest BCUT2D eigenvalue weighted by Crippen LogP contribution is -1.93. The Morgan fingerprint density at radius 1 is 1.13 bits per heavy atom. The number of aromatic nitrogens is 1. The zero-order valence-electron chi connectivity index (χ0n) is 12.0. The molecule has 1 heterocycles. The Morgan fingerprint density at radius 2 is 1.91 bits per heavy atom. The molecule has 0 unspecified atom stereocenters. The molecule has 0 atom stereocenters. The summed E-state index contributed by atoms with van der Waals surface area (Å²) >= 11 is 3.41. The fourth-order valence-corrected chi connectivity index (χ4v) is 2.51. The van der Waals surface area contributed by atoms with Crippen LogP contribution in [0.15, 0.2) is 53.1 Å². The molecular weight excluding hydrogens is 364 g/mol. The fraction of sp³-hybridized carbons (Fsp3) is 0.0625. The highest BCUT2D eigenvalue weighted by molar-refractivity contribution is 9.10. The van der Waals surface area contributed by atoms with Gasteiger partial charge in [-0.1, -0.05) is 15.9 Å². The van der Waals surface area contributed by atoms with E-state index in [1.165, 1.54) is 19.2 Å². The molecule has 3 rings (SSSR count). The normalized spacial score (nSPS) is 10.5. The zero-order chi connectivity index (χ0) is 16.4. The molecule has 23 heavy (non-hydrogen) atoms. The number of benzene rings is 2. The van der Waals surface area contributed by atoms with Crippen molar-refractivity contribution in [3.63, 3.8) is 0 Å². The summed E-state index contributed by atoms with van der Waals surface area (Å²) in [5, 5.41) is 11.8. The van der Waals surface area contributed by atoms with Gasteiger partial charge in [-0.2, -0.15) is 0 Å². The van der Waals surface area contributed by atoms with Crippen LogP contribution in [-0.2, 0) is 0 Å². The van der Waals surface area contributed by atoms with Crippen LogP contribution < -0.4 is 9.47 Å². The minimum Gasteiger partial charge on any atom is -0.496 e. The lowest BCUT2D eigenvalue weighted by atomic mass is 10.2. The Balaban J connectivity index is 2.07. The quantitative estimate of drug-likeness (QED) is 0.488. The first-order chi connectivity index (χ1) is 11.1. The van der Waals surface area contributed by atoms with E-state index in [-0.39, 0.29) is 5.69 Å². The highest BCUT2D eigenvalue weighted by Crippen LogP contribution is 2.34. The maximum absolute atomic E-state index is 11.0. The first kappa shape index (κ1) is 15.2. The topological polar surface area (TPSA) is 74.5 Å². The number of halogens is 1. The predicted molar refractivity (Wildman–Crippen MR) is 89.2 cm³/mol. The van der Waals surface area contributed by atoms with E-state index in [9.17, 15) is 10.1 Å². The van der Waals surface area contributed by atoms with E-state index in [2.05, 4.69) is 20.9 Å². The van der Waals surface area contributed by atoms with Gasteiger partial charge < -0.3 is 9.47 Å². The molecule has 7 heteroatoms. The lowest BCUT2D eigenvalue weighted by molar-refractivity contribution is -0.385. The second kappa shape index (κ2) is 6.21. The Morgan fingerprint density at radius 3 is 2.65 bits per heavy atom. The number of nitrogens with zero attached hydrogens (tertiary/aromatic N) is 2. The molecule has 0 aliphatic carbocycles. The standard InChI is InChI=1S/C16H11BrN2O4/c1-22-12-7-11(19(20)21)8-13(9-12)23-16-4-5-18-15-3-2-10(17)6-14(15)16/h2-9H,1H3. The van der Waals surface area contributed by atoms with Gasteiger partial charge >= 0.3 is 0 Å². The van der Waals surface area contributed by atoms with Gasteiger partial charge in [0.2, 0.25) is 0 Å². The molecule has 0 spiro atoms. The molecule has 0 bridgehead atoms. The molecule has 0 amide bonds. The minimum absolute atomic E-state index is 0.0982. The second-order valence-corrected chi connectivity index (χ2v) is 5.61. The smallest absolute Gasteiger partial charge is 0.276 e. The third-order valence-corrected chi connectivity index (χ3v) is 3.70. The molecule has 3 aromatic rings. The molecule has 0 aliphatic rings. The summed E-state index contributed by atoms with van der Waals surface area (Å²) in [6.07, 6.45) is 1.63. The number of methoxy groups -OCH3 is 1. The van der Waals surface area contributed by atoms with Crippen LogP contribution >= 0.6 is 15.9 Å². The predicted octanol–water partition coefficient (Wildman–Crippen LogP) is 4.71. The molecule has 2 aromatic carbocycles. The van der Waals surface area contributed by atoms with Gasteiger partial charge in [-0.25, -0.2) is 0 Å². The van der Waals surface area contributed by atoms with Crippen molar-refractivity contribution in [2.24, 2.45) is 0 Å². The van der Waals surface area contributed by atoms with E-state index in [0.29, 0.717) is 17.2 Å². The number of rotatable bonds is 4. The first-order valence-corrected chi connectivity index (χ1v) is 7.42. The van der Waals surface area contributed by atoms with E-state index < -0.39 is 4.92 Å². The molecule has 0 N–H and O–H groups in total. The molecule has 0 saturated carbocycles. The number of ether oxygens (including phenoxy) is 2. The monoisotopic (exact) mass is 374 g/mol. The van der Waals surface area contributed by atoms with Crippen LogP contribution in [0.1, 0.15) is 0 Å². The number of fused-ring (bicyclic) bond motifs is 1. The fourth-order valence-electron chi connectivity index (χ4n) is 2.15. The SMILES string of the molecule is COc1cc(Oc2ccnc3ccc(Br)cc23)cc([N+](=O)[O-])c1. The van der Waals surface area contributed by atoms with E-state index in [4.69, 9.17) is 9.47 Å². The summed E-state index contributed by atoms with van der Waals surface area (Å²) in [6, 6.07) is 11.6. The number of hydrogen-bond donors (Lipinski definition) is 0. The molecule has 0 fully saturated rings. The third kappa shape index (κ3) is 3.24. The van der Waals surface area contributed by atoms with Gasteiger partial charge in [-0.05, 0) is 24.3 Å². The van der Waals surface area contributed by atoms with Crippen molar-refractivity contribution in [3.05, 3.63) is 63.2 Å². The average molecular weight is 375 g/mol. The molecule has 0 radical (unpaired) electrons. The minimum atomic E-state index is -0.489. The molecule has 1 aromatic heterocycles. The van der Waals surface area contributed by atoms with Crippen LogP contribution in [0.3, 0.4) is 0 Å². The zero-order valence-corrected chi connectivity index (χ0v) is 13.6. The van der Waals surface area contributed by atoms with Crippen LogP contribution in [0.4, 0.5) is 5.69 Å². The summed E-state index contributed by atoms with van der Waals surface area (Å²) in [5.41, 5.74) is 0.669. The van der Waals surface area contributed by atoms with Gasteiger partial charge in [-0.15, -0.1) is 0 Å². The summed E-state index contributed by atoms with van der Waals surface area (Å²) in [7, 11) is 1.45. The maximum atomic E-state index is 11.0. The second-order valence-electron chi connectivity index (χ2n) is 4.70. The first-order valence-electron chi connectivity index (χ1n) is 6.62. The van der Waals surface area contributed by atoms with Crippen molar-refractivity contribution in [1.29, 1.82) is 0 Å². The number of non-ortho nitro benzene ring substituents is 1. The Hall–Kier alpha value is -2.67. The van der Waals surface area contributed by atoms with E-state index >= 15 is 0 Å². The van der Waals surface area contributed by atoms with E-state index in [0.717, 1.165) is 15.4 Å². The molecule has 116 valence electrons. The summed E-state index contributed by atoms with van der Waals surface area (Å²) in [4.78, 5) is 14.8. The lowest BCUT2D eigenvalue weighted by Gasteiger charge is -2.10. The summed E-state index contributed by atoms with van der Waals surface area (Å²) < 4.78 is 11.8.